The Balaban J connectivity index is 1.86. The van der Waals surface area contributed by atoms with Crippen molar-refractivity contribution >= 4 is 0 Å². The highest BCUT2D eigenvalue weighted by Gasteiger charge is 2.39. The van der Waals surface area contributed by atoms with Crippen LogP contribution in [0.15, 0.2) is 0 Å². The summed E-state index contributed by atoms with van der Waals surface area (Å²) in [5.41, 5.74) is 6.41. The van der Waals surface area contributed by atoms with Gasteiger partial charge in [-0.25, -0.2) is 0 Å². The summed E-state index contributed by atoms with van der Waals surface area (Å²) in [6.45, 7) is 8.12. The fourth-order valence-corrected chi connectivity index (χ4v) is 2.73. The van der Waals surface area contributed by atoms with Gasteiger partial charge in [-0.3, -0.25) is 0 Å². The van der Waals surface area contributed by atoms with Gasteiger partial charge in [-0.05, 0) is 38.3 Å². The number of likely N-dealkylation sites (tertiary alicyclic amines) is 1. The molecule has 2 rings (SSSR count). The quantitative estimate of drug-likeness (QED) is 0.634. The van der Waals surface area contributed by atoms with E-state index in [2.05, 4.69) is 17.1 Å². The van der Waals surface area contributed by atoms with Crippen molar-refractivity contribution in [1.29, 1.82) is 0 Å². The number of hydrogen-bond acceptors (Lipinski definition) is 3. The molecule has 0 aromatic rings. The Bertz CT molecular complexity index is 173. The summed E-state index contributed by atoms with van der Waals surface area (Å²) in [7, 11) is 0. The van der Waals surface area contributed by atoms with Crippen molar-refractivity contribution in [1.82, 2.24) is 10.2 Å². The minimum Gasteiger partial charge on any atom is -0.327 e. The van der Waals surface area contributed by atoms with Gasteiger partial charge in [-0.1, -0.05) is 0 Å². The van der Waals surface area contributed by atoms with Crippen LogP contribution < -0.4 is 11.1 Å². The van der Waals surface area contributed by atoms with Crippen LogP contribution in [-0.2, 0) is 0 Å². The van der Waals surface area contributed by atoms with Crippen LogP contribution in [-0.4, -0.2) is 43.7 Å². The van der Waals surface area contributed by atoms with Gasteiger partial charge >= 0.3 is 0 Å². The first-order valence-corrected chi connectivity index (χ1v) is 5.39. The second-order valence-electron chi connectivity index (χ2n) is 4.89. The van der Waals surface area contributed by atoms with Crippen molar-refractivity contribution in [2.24, 2.45) is 11.1 Å². The van der Waals surface area contributed by atoms with Gasteiger partial charge in [0.25, 0.3) is 0 Å². The number of hydrogen-bond donors (Lipinski definition) is 2. The molecule has 2 aliphatic heterocycles. The van der Waals surface area contributed by atoms with E-state index in [-0.39, 0.29) is 0 Å². The Morgan fingerprint density at radius 2 is 2.38 bits per heavy atom. The van der Waals surface area contributed by atoms with Gasteiger partial charge in [0, 0.05) is 25.7 Å². The monoisotopic (exact) mass is 183 g/mol. The summed E-state index contributed by atoms with van der Waals surface area (Å²) < 4.78 is 0. The molecule has 13 heavy (non-hydrogen) atoms. The van der Waals surface area contributed by atoms with Crippen LogP contribution in [0.2, 0.25) is 0 Å². The molecule has 3 N–H and O–H groups in total. The Morgan fingerprint density at radius 1 is 1.54 bits per heavy atom. The standard InChI is InChI=1S/C10H21N3/c1-9(11)6-13-5-3-10(8-13)2-4-12-7-10/h9,12H,2-8,11H2,1H3. The second kappa shape index (κ2) is 3.56. The maximum Gasteiger partial charge on any atom is 0.0139 e. The van der Waals surface area contributed by atoms with Crippen molar-refractivity contribution in [3.63, 3.8) is 0 Å². The van der Waals surface area contributed by atoms with E-state index in [4.69, 9.17) is 5.73 Å². The Morgan fingerprint density at radius 3 is 3.00 bits per heavy atom. The minimum atomic E-state index is 0.324. The SMILES string of the molecule is CC(N)CN1CCC2(CCNC2)C1. The lowest BCUT2D eigenvalue weighted by Crippen LogP contribution is -2.36. The second-order valence-corrected chi connectivity index (χ2v) is 4.89. The third-order valence-electron chi connectivity index (χ3n) is 3.40. The molecule has 3 heteroatoms. The van der Waals surface area contributed by atoms with Crippen LogP contribution in [0.1, 0.15) is 19.8 Å². The van der Waals surface area contributed by atoms with Crippen molar-refractivity contribution in [2.45, 2.75) is 25.8 Å². The summed E-state index contributed by atoms with van der Waals surface area (Å²) in [4.78, 5) is 2.53. The van der Waals surface area contributed by atoms with E-state index in [1.54, 1.807) is 0 Å². The summed E-state index contributed by atoms with van der Waals surface area (Å²) in [5, 5.41) is 3.47. The lowest BCUT2D eigenvalue weighted by molar-refractivity contribution is 0.265. The van der Waals surface area contributed by atoms with Gasteiger partial charge in [-0.15, -0.1) is 0 Å². The number of nitrogens with two attached hydrogens (primary N) is 1. The molecule has 2 fully saturated rings. The molecular weight excluding hydrogens is 162 g/mol. The molecule has 0 bridgehead atoms. The van der Waals surface area contributed by atoms with Crippen LogP contribution >= 0.6 is 0 Å². The zero-order valence-corrected chi connectivity index (χ0v) is 8.55. The van der Waals surface area contributed by atoms with E-state index in [0.29, 0.717) is 11.5 Å². The molecule has 2 unspecified atom stereocenters. The van der Waals surface area contributed by atoms with Gasteiger partial charge in [0.2, 0.25) is 0 Å². The molecule has 0 aromatic carbocycles. The summed E-state index contributed by atoms with van der Waals surface area (Å²) in [5.74, 6) is 0. The number of rotatable bonds is 2. The highest BCUT2D eigenvalue weighted by atomic mass is 15.2. The first kappa shape index (κ1) is 9.44. The van der Waals surface area contributed by atoms with Gasteiger partial charge in [-0.2, -0.15) is 0 Å². The first-order chi connectivity index (χ1) is 6.20. The van der Waals surface area contributed by atoms with Crippen molar-refractivity contribution in [2.75, 3.05) is 32.7 Å². The Hall–Kier alpha value is -0.120. The van der Waals surface area contributed by atoms with Crippen LogP contribution in [0.5, 0.6) is 0 Å². The van der Waals surface area contributed by atoms with E-state index < -0.39 is 0 Å². The van der Waals surface area contributed by atoms with Crippen molar-refractivity contribution in [3.05, 3.63) is 0 Å². The molecule has 0 saturated carbocycles. The van der Waals surface area contributed by atoms with Crippen molar-refractivity contribution in [3.8, 4) is 0 Å². The molecule has 0 aliphatic carbocycles. The summed E-state index contributed by atoms with van der Waals surface area (Å²) in [6, 6.07) is 0.324. The topological polar surface area (TPSA) is 41.3 Å². The Labute approximate surface area is 80.7 Å². The molecule has 2 aliphatic rings. The van der Waals surface area contributed by atoms with E-state index in [9.17, 15) is 0 Å². The normalized spacial score (nSPS) is 37.4. The van der Waals surface area contributed by atoms with Gasteiger partial charge in [0.05, 0.1) is 0 Å². The van der Waals surface area contributed by atoms with E-state index in [1.807, 2.05) is 0 Å². The summed E-state index contributed by atoms with van der Waals surface area (Å²) in [6.07, 6.45) is 2.73. The first-order valence-electron chi connectivity index (χ1n) is 5.39. The van der Waals surface area contributed by atoms with Gasteiger partial charge < -0.3 is 16.0 Å². The van der Waals surface area contributed by atoms with Gasteiger partial charge in [0.1, 0.15) is 0 Å². The maximum atomic E-state index is 5.80. The van der Waals surface area contributed by atoms with E-state index in [0.717, 1.165) is 6.54 Å². The predicted octanol–water partition coefficient (Wildman–Crippen LogP) is 0.0190. The van der Waals surface area contributed by atoms with E-state index in [1.165, 1.54) is 39.0 Å². The lowest BCUT2D eigenvalue weighted by Gasteiger charge is -2.23. The lowest BCUT2D eigenvalue weighted by atomic mass is 9.87. The number of nitrogens with zero attached hydrogens (tertiary/aromatic N) is 1. The summed E-state index contributed by atoms with van der Waals surface area (Å²) >= 11 is 0. The van der Waals surface area contributed by atoms with Crippen LogP contribution in [0.4, 0.5) is 0 Å². The molecule has 0 aromatic heterocycles. The molecule has 76 valence electrons. The molecular formula is C10H21N3. The largest absolute Gasteiger partial charge is 0.327 e. The average Bonchev–Trinajstić information content (AvgIpc) is 2.63. The highest BCUT2D eigenvalue weighted by Crippen LogP contribution is 2.35. The highest BCUT2D eigenvalue weighted by molar-refractivity contribution is 4.95. The number of nitrogens with one attached hydrogen (secondary N) is 1. The molecule has 2 saturated heterocycles. The molecule has 0 radical (unpaired) electrons. The fraction of sp³-hybridized carbons (Fsp3) is 1.00. The van der Waals surface area contributed by atoms with Crippen molar-refractivity contribution < 1.29 is 0 Å². The smallest absolute Gasteiger partial charge is 0.0139 e. The van der Waals surface area contributed by atoms with Crippen LogP contribution in [0, 0.1) is 5.41 Å². The van der Waals surface area contributed by atoms with Crippen LogP contribution in [0.3, 0.4) is 0 Å². The molecule has 2 heterocycles. The maximum absolute atomic E-state index is 5.80. The third kappa shape index (κ3) is 2.03. The fourth-order valence-electron chi connectivity index (χ4n) is 2.73. The zero-order chi connectivity index (χ0) is 9.31. The molecule has 1 spiro atoms. The zero-order valence-electron chi connectivity index (χ0n) is 8.55. The van der Waals surface area contributed by atoms with Gasteiger partial charge in [0.15, 0.2) is 0 Å². The van der Waals surface area contributed by atoms with E-state index >= 15 is 0 Å². The third-order valence-corrected chi connectivity index (χ3v) is 3.40. The van der Waals surface area contributed by atoms with Crippen LogP contribution in [0.25, 0.3) is 0 Å². The molecule has 2 atom stereocenters. The molecule has 3 nitrogen and oxygen atoms in total. The predicted molar refractivity (Wildman–Crippen MR) is 54.6 cm³/mol. The average molecular weight is 183 g/mol. The minimum absolute atomic E-state index is 0.324. The molecule has 0 amide bonds. The Kier molecular flexibility index (Phi) is 2.58.